The predicted molar refractivity (Wildman–Crippen MR) is 75.6 cm³/mol. The number of benzene rings is 1. The Labute approximate surface area is 117 Å². The van der Waals surface area contributed by atoms with E-state index in [-0.39, 0.29) is 17.8 Å². The molecule has 0 fully saturated rings. The lowest BCUT2D eigenvalue weighted by Gasteiger charge is -2.10. The van der Waals surface area contributed by atoms with Gasteiger partial charge in [0.15, 0.2) is 0 Å². The van der Waals surface area contributed by atoms with Gasteiger partial charge in [0.05, 0.1) is 5.56 Å². The molecule has 0 unspecified atom stereocenters. The largest absolute Gasteiger partial charge is 0.518 e. The van der Waals surface area contributed by atoms with Crippen molar-refractivity contribution in [2.45, 2.75) is 39.8 Å². The van der Waals surface area contributed by atoms with Gasteiger partial charge in [-0.1, -0.05) is 18.2 Å². The highest BCUT2D eigenvalue weighted by atomic mass is 16.4. The molecule has 1 aromatic carbocycles. The predicted octanol–water partition coefficient (Wildman–Crippen LogP) is 1.92. The summed E-state index contributed by atoms with van der Waals surface area (Å²) in [5.41, 5.74) is 0.372. The maximum atomic E-state index is 12.5. The fourth-order valence-electron chi connectivity index (χ4n) is 2.13. The molecule has 0 atom stereocenters. The van der Waals surface area contributed by atoms with Crippen molar-refractivity contribution in [3.63, 3.8) is 0 Å². The van der Waals surface area contributed by atoms with Gasteiger partial charge in [0.1, 0.15) is 12.1 Å². The lowest BCUT2D eigenvalue weighted by molar-refractivity contribution is -0.733. The molecule has 0 aliphatic heterocycles. The highest BCUT2D eigenvalue weighted by molar-refractivity contribution is 5.49. The zero-order valence-electron chi connectivity index (χ0n) is 12.2. The number of rotatable bonds is 3. The number of hydrogen-bond donors (Lipinski definition) is 0. The third-order valence-electron chi connectivity index (χ3n) is 3.07. The van der Waals surface area contributed by atoms with Gasteiger partial charge in [-0.3, -0.25) is 0 Å². The molecule has 0 saturated carbocycles. The quantitative estimate of drug-likeness (QED) is 0.804. The van der Waals surface area contributed by atoms with Crippen LogP contribution in [0.1, 0.15) is 39.8 Å². The summed E-state index contributed by atoms with van der Waals surface area (Å²) in [4.78, 5) is 24.6. The standard InChI is InChI=1S/C15H19N2O3/c1-10(2)16-13(12-8-6-5-7-9-12)20-15(19)17(11(3)4)14(16)18/h5-11H,1-4H3/q+1. The van der Waals surface area contributed by atoms with Crippen molar-refractivity contribution in [3.05, 3.63) is 51.4 Å². The molecule has 0 N–H and O–H groups in total. The minimum Gasteiger partial charge on any atom is -0.353 e. The Kier molecular flexibility index (Phi) is 3.88. The Hall–Kier alpha value is -2.17. The van der Waals surface area contributed by atoms with E-state index in [1.54, 1.807) is 13.8 Å². The van der Waals surface area contributed by atoms with Gasteiger partial charge in [0, 0.05) is 0 Å². The third kappa shape index (κ3) is 2.43. The first-order valence-corrected chi connectivity index (χ1v) is 6.70. The van der Waals surface area contributed by atoms with Gasteiger partial charge in [0.2, 0.25) is 0 Å². The monoisotopic (exact) mass is 275 g/mol. The zero-order valence-corrected chi connectivity index (χ0v) is 12.2. The molecule has 2 aromatic rings. The van der Waals surface area contributed by atoms with E-state index in [1.807, 2.05) is 44.2 Å². The second-order valence-corrected chi connectivity index (χ2v) is 5.25. The maximum absolute atomic E-state index is 12.5. The summed E-state index contributed by atoms with van der Waals surface area (Å²) in [5, 5.41) is 0. The molecular weight excluding hydrogens is 256 g/mol. The molecule has 1 aromatic heterocycles. The van der Waals surface area contributed by atoms with Crippen LogP contribution in [0.4, 0.5) is 0 Å². The first kappa shape index (κ1) is 14.2. The molecule has 5 nitrogen and oxygen atoms in total. The average molecular weight is 275 g/mol. The summed E-state index contributed by atoms with van der Waals surface area (Å²) in [5.74, 6) is -0.326. The lowest BCUT2D eigenvalue weighted by Crippen LogP contribution is -2.60. The molecule has 1 heterocycles. The minimum absolute atomic E-state index is 0.105. The summed E-state index contributed by atoms with van der Waals surface area (Å²) >= 11 is 0. The smallest absolute Gasteiger partial charge is 0.353 e. The van der Waals surface area contributed by atoms with Gasteiger partial charge >= 0.3 is 17.3 Å². The van der Waals surface area contributed by atoms with Crippen molar-refractivity contribution in [1.29, 1.82) is 0 Å². The molecule has 20 heavy (non-hydrogen) atoms. The second kappa shape index (κ2) is 5.45. The van der Waals surface area contributed by atoms with E-state index >= 15 is 0 Å². The Morgan fingerprint density at radius 2 is 1.65 bits per heavy atom. The van der Waals surface area contributed by atoms with Crippen LogP contribution in [-0.2, 0) is 0 Å². The number of hydrogen-bond acceptors (Lipinski definition) is 3. The third-order valence-corrected chi connectivity index (χ3v) is 3.07. The van der Waals surface area contributed by atoms with Crippen molar-refractivity contribution in [3.8, 4) is 11.5 Å². The van der Waals surface area contributed by atoms with Crippen LogP contribution >= 0.6 is 0 Å². The van der Waals surface area contributed by atoms with Crippen LogP contribution < -0.4 is 16.0 Å². The van der Waals surface area contributed by atoms with Crippen LogP contribution in [0.2, 0.25) is 0 Å². The van der Waals surface area contributed by atoms with Crippen molar-refractivity contribution in [2.24, 2.45) is 0 Å². The second-order valence-electron chi connectivity index (χ2n) is 5.25. The Bertz CT molecular complexity index is 712. The fourth-order valence-corrected chi connectivity index (χ4v) is 2.13. The number of aromatic nitrogens is 2. The van der Waals surface area contributed by atoms with Gasteiger partial charge in [0.25, 0.3) is 0 Å². The van der Waals surface area contributed by atoms with E-state index in [4.69, 9.17) is 4.42 Å². The summed E-state index contributed by atoms with van der Waals surface area (Å²) in [6.07, 6.45) is 0. The van der Waals surface area contributed by atoms with Gasteiger partial charge < -0.3 is 4.42 Å². The van der Waals surface area contributed by atoms with Gasteiger partial charge in [-0.2, -0.15) is 14.2 Å². The summed E-state index contributed by atoms with van der Waals surface area (Å²) < 4.78 is 8.04. The molecule has 106 valence electrons. The van der Waals surface area contributed by atoms with Crippen molar-refractivity contribution < 1.29 is 8.98 Å². The Morgan fingerprint density at radius 1 is 1.05 bits per heavy atom. The van der Waals surface area contributed by atoms with E-state index in [0.29, 0.717) is 11.5 Å². The van der Waals surface area contributed by atoms with Crippen LogP contribution in [0.3, 0.4) is 0 Å². The average Bonchev–Trinajstić information content (AvgIpc) is 2.38. The fraction of sp³-hybridized carbons (Fsp3) is 0.400. The van der Waals surface area contributed by atoms with E-state index < -0.39 is 5.76 Å². The SMILES string of the molecule is CC(C)n1c(=O)oc(-c2ccccc2)[n+](C(C)C)c1=O. The van der Waals surface area contributed by atoms with E-state index in [1.165, 1.54) is 4.57 Å². The Morgan fingerprint density at radius 3 is 2.15 bits per heavy atom. The number of nitrogens with zero attached hydrogens (tertiary/aromatic N) is 2. The molecule has 0 bridgehead atoms. The normalized spacial score (nSPS) is 11.3. The zero-order chi connectivity index (χ0) is 14.9. The van der Waals surface area contributed by atoms with Crippen molar-refractivity contribution >= 4 is 0 Å². The van der Waals surface area contributed by atoms with Crippen LogP contribution in [0.5, 0.6) is 0 Å². The topological polar surface area (TPSA) is 56.1 Å². The molecule has 0 aliphatic carbocycles. The molecular formula is C15H19N2O3+. The van der Waals surface area contributed by atoms with Gasteiger partial charge in [-0.15, -0.1) is 4.57 Å². The van der Waals surface area contributed by atoms with Crippen LogP contribution in [-0.4, -0.2) is 4.57 Å². The van der Waals surface area contributed by atoms with Crippen LogP contribution in [0.15, 0.2) is 44.3 Å². The van der Waals surface area contributed by atoms with Crippen molar-refractivity contribution in [2.75, 3.05) is 0 Å². The van der Waals surface area contributed by atoms with E-state index in [0.717, 1.165) is 4.57 Å². The lowest BCUT2D eigenvalue weighted by atomic mass is 10.2. The van der Waals surface area contributed by atoms with Crippen LogP contribution in [0, 0.1) is 0 Å². The minimum atomic E-state index is -0.624. The molecule has 0 radical (unpaired) electrons. The Balaban J connectivity index is 2.84. The highest BCUT2D eigenvalue weighted by Gasteiger charge is 2.27. The summed E-state index contributed by atoms with van der Waals surface area (Å²) in [7, 11) is 0. The van der Waals surface area contributed by atoms with E-state index in [9.17, 15) is 9.59 Å². The molecule has 0 amide bonds. The molecule has 0 aliphatic rings. The van der Waals surface area contributed by atoms with E-state index in [2.05, 4.69) is 0 Å². The highest BCUT2D eigenvalue weighted by Crippen LogP contribution is 2.13. The molecule has 2 rings (SSSR count). The first-order chi connectivity index (χ1) is 9.43. The molecule has 0 spiro atoms. The maximum Gasteiger partial charge on any atom is 0.518 e. The van der Waals surface area contributed by atoms with Gasteiger partial charge in [-0.05, 0) is 39.8 Å². The summed E-state index contributed by atoms with van der Waals surface area (Å²) in [6.45, 7) is 7.34. The summed E-state index contributed by atoms with van der Waals surface area (Å²) in [6, 6.07) is 8.84. The van der Waals surface area contributed by atoms with Crippen LogP contribution in [0.25, 0.3) is 11.5 Å². The van der Waals surface area contributed by atoms with Gasteiger partial charge in [-0.25, -0.2) is 0 Å². The molecule has 0 saturated heterocycles. The first-order valence-electron chi connectivity index (χ1n) is 6.70. The van der Waals surface area contributed by atoms with Crippen molar-refractivity contribution in [1.82, 2.24) is 4.57 Å². The molecule has 5 heteroatoms.